The fourth-order valence-electron chi connectivity index (χ4n) is 2.57. The van der Waals surface area contributed by atoms with E-state index >= 15 is 0 Å². The van der Waals surface area contributed by atoms with E-state index in [2.05, 4.69) is 55.0 Å². The molecule has 1 saturated heterocycles. The number of hydrogen-bond acceptors (Lipinski definition) is 3. The van der Waals surface area contributed by atoms with E-state index in [1.165, 1.54) is 10.9 Å². The van der Waals surface area contributed by atoms with Crippen molar-refractivity contribution in [1.82, 2.24) is 4.67 Å². The lowest BCUT2D eigenvalue weighted by molar-refractivity contribution is 0.218. The highest BCUT2D eigenvalue weighted by atomic mass is 31.2. The molecule has 21 heavy (non-hydrogen) atoms. The molecule has 1 aliphatic heterocycles. The van der Waals surface area contributed by atoms with Crippen LogP contribution in [0.15, 0.2) is 54.6 Å². The van der Waals surface area contributed by atoms with Crippen LogP contribution in [0, 0.1) is 0 Å². The first-order chi connectivity index (χ1) is 10.2. The lowest BCUT2D eigenvalue weighted by atomic mass is 10.0. The Morgan fingerprint density at radius 1 is 1.05 bits per heavy atom. The molecule has 0 spiro atoms. The van der Waals surface area contributed by atoms with Crippen molar-refractivity contribution < 1.29 is 9.26 Å². The molecule has 110 valence electrons. The van der Waals surface area contributed by atoms with Gasteiger partial charge in [-0.15, -0.1) is 0 Å². The van der Waals surface area contributed by atoms with Crippen molar-refractivity contribution in [2.75, 3.05) is 14.2 Å². The summed E-state index contributed by atoms with van der Waals surface area (Å²) in [4.78, 5) is 0. The topological polar surface area (TPSA) is 21.7 Å². The largest absolute Gasteiger partial charge is 0.497 e. The van der Waals surface area contributed by atoms with E-state index in [1.54, 1.807) is 7.11 Å². The average molecular weight is 301 g/mol. The Kier molecular flexibility index (Phi) is 4.25. The maximum Gasteiger partial charge on any atom is 0.138 e. The van der Waals surface area contributed by atoms with E-state index in [4.69, 9.17) is 9.26 Å². The van der Waals surface area contributed by atoms with Crippen molar-refractivity contribution >= 4 is 13.6 Å². The van der Waals surface area contributed by atoms with E-state index in [0.717, 1.165) is 5.75 Å². The predicted molar refractivity (Wildman–Crippen MR) is 87.0 cm³/mol. The summed E-state index contributed by atoms with van der Waals surface area (Å²) in [6.07, 6.45) is 0.129. The average Bonchev–Trinajstić information content (AvgIpc) is 2.84. The monoisotopic (exact) mass is 301 g/mol. The van der Waals surface area contributed by atoms with E-state index < -0.39 is 8.30 Å². The van der Waals surface area contributed by atoms with Crippen LogP contribution in [0.5, 0.6) is 5.75 Å². The minimum absolute atomic E-state index is 0.129. The minimum atomic E-state index is -0.743. The van der Waals surface area contributed by atoms with Gasteiger partial charge in [0.05, 0.1) is 7.11 Å². The molecule has 0 aromatic heterocycles. The third kappa shape index (κ3) is 2.82. The SMILES string of the molecule is COc1ccc([P@@]2O[C@H](c3ccccc3)[C@H](C)N2C)cc1. The number of nitrogens with zero attached hydrogens (tertiary/aromatic N) is 1. The first kappa shape index (κ1) is 14.5. The molecule has 0 N–H and O–H groups in total. The first-order valence-electron chi connectivity index (χ1n) is 7.09. The van der Waals surface area contributed by atoms with Gasteiger partial charge < -0.3 is 9.26 Å². The van der Waals surface area contributed by atoms with Gasteiger partial charge in [-0.05, 0) is 43.8 Å². The number of methoxy groups -OCH3 is 1. The molecule has 1 aliphatic rings. The van der Waals surface area contributed by atoms with Gasteiger partial charge in [-0.2, -0.15) is 0 Å². The Hall–Kier alpha value is -1.41. The number of rotatable bonds is 3. The second kappa shape index (κ2) is 6.15. The molecule has 0 bridgehead atoms. The quantitative estimate of drug-likeness (QED) is 0.806. The van der Waals surface area contributed by atoms with Crippen molar-refractivity contribution in [3.63, 3.8) is 0 Å². The summed E-state index contributed by atoms with van der Waals surface area (Å²) in [5, 5.41) is 1.22. The van der Waals surface area contributed by atoms with Crippen LogP contribution in [0.25, 0.3) is 0 Å². The summed E-state index contributed by atoms with van der Waals surface area (Å²) < 4.78 is 13.9. The van der Waals surface area contributed by atoms with Crippen LogP contribution < -0.4 is 10.0 Å². The van der Waals surface area contributed by atoms with Gasteiger partial charge in [0.2, 0.25) is 0 Å². The molecule has 0 aliphatic carbocycles. The lowest BCUT2D eigenvalue weighted by Crippen LogP contribution is -2.24. The predicted octanol–water partition coefficient (Wildman–Crippen LogP) is 3.72. The van der Waals surface area contributed by atoms with Crippen LogP contribution in [-0.4, -0.2) is 24.9 Å². The summed E-state index contributed by atoms with van der Waals surface area (Å²) in [5.74, 6) is 0.878. The molecule has 3 rings (SSSR count). The molecule has 2 aromatic rings. The van der Waals surface area contributed by atoms with Crippen molar-refractivity contribution in [2.24, 2.45) is 0 Å². The molecule has 1 fully saturated rings. The zero-order chi connectivity index (χ0) is 14.8. The minimum Gasteiger partial charge on any atom is -0.497 e. The molecule has 0 unspecified atom stereocenters. The van der Waals surface area contributed by atoms with Crippen LogP contribution in [0.4, 0.5) is 0 Å². The highest BCUT2D eigenvalue weighted by Gasteiger charge is 2.39. The van der Waals surface area contributed by atoms with Crippen molar-refractivity contribution in [3.8, 4) is 5.75 Å². The Labute approximate surface area is 127 Å². The molecule has 0 amide bonds. The highest BCUT2D eigenvalue weighted by Crippen LogP contribution is 2.54. The third-order valence-corrected chi connectivity index (χ3v) is 6.05. The van der Waals surface area contributed by atoms with Crippen molar-refractivity contribution in [2.45, 2.75) is 19.1 Å². The second-order valence-electron chi connectivity index (χ2n) is 5.22. The summed E-state index contributed by atoms with van der Waals surface area (Å²) in [7, 11) is 3.09. The van der Waals surface area contributed by atoms with E-state index in [9.17, 15) is 0 Å². The van der Waals surface area contributed by atoms with Gasteiger partial charge in [0, 0.05) is 11.3 Å². The lowest BCUT2D eigenvalue weighted by Gasteiger charge is -2.20. The van der Waals surface area contributed by atoms with Gasteiger partial charge in [-0.1, -0.05) is 30.3 Å². The molecule has 2 aromatic carbocycles. The number of likely N-dealkylation sites (N-methyl/N-ethyl adjacent to an activating group) is 1. The molecule has 1 heterocycles. The van der Waals surface area contributed by atoms with Crippen molar-refractivity contribution in [1.29, 1.82) is 0 Å². The van der Waals surface area contributed by atoms with Gasteiger partial charge in [0.1, 0.15) is 20.2 Å². The van der Waals surface area contributed by atoms with E-state index in [-0.39, 0.29) is 6.10 Å². The van der Waals surface area contributed by atoms with Gasteiger partial charge in [-0.25, -0.2) is 0 Å². The van der Waals surface area contributed by atoms with Crippen LogP contribution in [0.3, 0.4) is 0 Å². The number of hydrogen-bond donors (Lipinski definition) is 0. The maximum atomic E-state index is 6.38. The van der Waals surface area contributed by atoms with Crippen LogP contribution >= 0.6 is 8.30 Å². The maximum absolute atomic E-state index is 6.38. The molecule has 3 atom stereocenters. The number of benzene rings is 2. The zero-order valence-electron chi connectivity index (χ0n) is 12.6. The standard InChI is InChI=1S/C17H20NO2P/c1-13-17(14-7-5-4-6-8-14)20-21(18(13)2)16-11-9-15(19-3)10-12-16/h4-13,17H,1-3H3/t13-,17-,21+/m0/s1. The van der Waals surface area contributed by atoms with Crippen molar-refractivity contribution in [3.05, 3.63) is 60.2 Å². The fraction of sp³-hybridized carbons (Fsp3) is 0.294. The third-order valence-electron chi connectivity index (χ3n) is 3.95. The fourth-order valence-corrected chi connectivity index (χ4v) is 4.57. The molecule has 0 saturated carbocycles. The highest BCUT2D eigenvalue weighted by molar-refractivity contribution is 7.58. The summed E-state index contributed by atoms with van der Waals surface area (Å²) in [6, 6.07) is 19.0. The molecule has 4 heteroatoms. The smallest absolute Gasteiger partial charge is 0.138 e. The Bertz CT molecular complexity index is 587. The number of ether oxygens (including phenoxy) is 1. The first-order valence-corrected chi connectivity index (χ1v) is 8.30. The Balaban J connectivity index is 1.84. The molecule has 0 radical (unpaired) electrons. The van der Waals surface area contributed by atoms with Crippen LogP contribution in [-0.2, 0) is 4.52 Å². The Morgan fingerprint density at radius 2 is 1.71 bits per heavy atom. The molecular formula is C17H20NO2P. The van der Waals surface area contributed by atoms with Gasteiger partial charge >= 0.3 is 0 Å². The summed E-state index contributed by atoms with van der Waals surface area (Å²) >= 11 is 0. The summed E-state index contributed by atoms with van der Waals surface area (Å²) in [5.41, 5.74) is 1.25. The van der Waals surface area contributed by atoms with Gasteiger partial charge in [-0.3, -0.25) is 4.67 Å². The van der Waals surface area contributed by atoms with Gasteiger partial charge in [0.15, 0.2) is 0 Å². The Morgan fingerprint density at radius 3 is 2.33 bits per heavy atom. The summed E-state index contributed by atoms with van der Waals surface area (Å²) in [6.45, 7) is 2.23. The van der Waals surface area contributed by atoms with E-state index in [0.29, 0.717) is 6.04 Å². The van der Waals surface area contributed by atoms with Crippen LogP contribution in [0.2, 0.25) is 0 Å². The zero-order valence-corrected chi connectivity index (χ0v) is 13.5. The second-order valence-corrected chi connectivity index (χ2v) is 7.13. The van der Waals surface area contributed by atoms with Crippen LogP contribution in [0.1, 0.15) is 18.6 Å². The molecular weight excluding hydrogens is 281 g/mol. The van der Waals surface area contributed by atoms with Gasteiger partial charge in [0.25, 0.3) is 0 Å². The normalized spacial score (nSPS) is 26.0. The molecule has 3 nitrogen and oxygen atoms in total. The van der Waals surface area contributed by atoms with E-state index in [1.807, 2.05) is 18.2 Å².